The molecule has 2 saturated heterocycles. The molecule has 2 fully saturated rings. The maximum atomic E-state index is 11.1. The number of amides is 2. The Morgan fingerprint density at radius 3 is 3.06 bits per heavy atom. The Bertz CT molecular complexity index is 326. The van der Waals surface area contributed by atoms with Crippen LogP contribution in [0.15, 0.2) is 0 Å². The van der Waals surface area contributed by atoms with Crippen molar-refractivity contribution in [3.8, 4) is 0 Å². The monoisotopic (exact) mass is 259 g/mol. The molecule has 2 aliphatic rings. The topological polar surface area (TPSA) is 104 Å². The number of aliphatic carboxylic acids is 1. The standard InChI is InChI=1S/C10H17N3O3S/c11-5(9(14)15)2-1-3-7-8-6(4-17-7)12-10(16)13-8/h5-8H,1-4,11H2,(H,14,15)(H2,12,13,16)/t5?,6-,7-,8-/m0/s1. The molecule has 5 N–H and O–H groups in total. The number of thioether (sulfide) groups is 1. The molecule has 17 heavy (non-hydrogen) atoms. The van der Waals surface area contributed by atoms with Gasteiger partial charge in [0.05, 0.1) is 12.1 Å². The minimum absolute atomic E-state index is 0.0902. The highest BCUT2D eigenvalue weighted by atomic mass is 32.2. The van der Waals surface area contributed by atoms with Gasteiger partial charge in [-0.25, -0.2) is 4.79 Å². The molecule has 0 saturated carbocycles. The van der Waals surface area contributed by atoms with Crippen LogP contribution >= 0.6 is 11.8 Å². The van der Waals surface area contributed by atoms with E-state index < -0.39 is 12.0 Å². The van der Waals surface area contributed by atoms with E-state index in [0.717, 1.165) is 18.6 Å². The summed E-state index contributed by atoms with van der Waals surface area (Å²) >= 11 is 1.83. The van der Waals surface area contributed by atoms with Crippen molar-refractivity contribution in [2.45, 2.75) is 42.6 Å². The van der Waals surface area contributed by atoms with Crippen LogP contribution in [0.1, 0.15) is 19.3 Å². The Morgan fingerprint density at radius 2 is 2.35 bits per heavy atom. The fourth-order valence-corrected chi connectivity index (χ4v) is 3.85. The van der Waals surface area contributed by atoms with Crippen LogP contribution in [-0.4, -0.2) is 46.2 Å². The average Bonchev–Trinajstić information content (AvgIpc) is 2.78. The third-order valence-corrected chi connectivity index (χ3v) is 4.77. The molecular formula is C10H17N3O3S. The molecule has 0 aromatic heterocycles. The summed E-state index contributed by atoms with van der Waals surface area (Å²) in [7, 11) is 0. The van der Waals surface area contributed by atoms with Crippen LogP contribution in [0.2, 0.25) is 0 Å². The molecular weight excluding hydrogens is 242 g/mol. The van der Waals surface area contributed by atoms with Crippen molar-refractivity contribution in [1.29, 1.82) is 0 Å². The van der Waals surface area contributed by atoms with Crippen LogP contribution in [0.4, 0.5) is 4.79 Å². The second-order valence-corrected chi connectivity index (χ2v) is 5.77. The molecule has 96 valence electrons. The lowest BCUT2D eigenvalue weighted by Gasteiger charge is -2.16. The average molecular weight is 259 g/mol. The third kappa shape index (κ3) is 2.84. The summed E-state index contributed by atoms with van der Waals surface area (Å²) < 4.78 is 0. The van der Waals surface area contributed by atoms with E-state index in [9.17, 15) is 9.59 Å². The molecule has 6 nitrogen and oxygen atoms in total. The van der Waals surface area contributed by atoms with Crippen LogP contribution in [-0.2, 0) is 4.79 Å². The summed E-state index contributed by atoms with van der Waals surface area (Å²) in [6.07, 6.45) is 2.17. The van der Waals surface area contributed by atoms with Crippen LogP contribution in [0.25, 0.3) is 0 Å². The second kappa shape index (κ2) is 5.14. The SMILES string of the molecule is NC(CCC[C@@H]1SC[C@@H]2NC(=O)N[C@@H]21)C(=O)O. The van der Waals surface area contributed by atoms with Gasteiger partial charge in [0.25, 0.3) is 0 Å². The number of hydrogen-bond acceptors (Lipinski definition) is 4. The lowest BCUT2D eigenvalue weighted by Crippen LogP contribution is -2.37. The van der Waals surface area contributed by atoms with Crippen molar-refractivity contribution in [1.82, 2.24) is 10.6 Å². The first-order valence-electron chi connectivity index (χ1n) is 5.75. The van der Waals surface area contributed by atoms with Gasteiger partial charge in [0.1, 0.15) is 6.04 Å². The smallest absolute Gasteiger partial charge is 0.320 e. The quantitative estimate of drug-likeness (QED) is 0.509. The molecule has 1 unspecified atom stereocenters. The highest BCUT2D eigenvalue weighted by Crippen LogP contribution is 2.33. The van der Waals surface area contributed by atoms with E-state index in [4.69, 9.17) is 10.8 Å². The molecule has 0 spiro atoms. The Kier molecular flexibility index (Phi) is 3.78. The van der Waals surface area contributed by atoms with Crippen molar-refractivity contribution in [3.63, 3.8) is 0 Å². The minimum atomic E-state index is -0.946. The molecule has 0 aromatic carbocycles. The van der Waals surface area contributed by atoms with Gasteiger partial charge in [-0.1, -0.05) is 6.42 Å². The summed E-state index contributed by atoms with van der Waals surface area (Å²) in [5.74, 6) is -0.0169. The highest BCUT2D eigenvalue weighted by Gasteiger charge is 2.42. The molecule has 2 aliphatic heterocycles. The van der Waals surface area contributed by atoms with E-state index in [-0.39, 0.29) is 18.1 Å². The molecule has 7 heteroatoms. The normalized spacial score (nSPS) is 32.8. The number of carbonyl (C=O) groups excluding carboxylic acids is 1. The summed E-state index contributed by atoms with van der Waals surface area (Å²) in [5, 5.41) is 14.8. The number of carbonyl (C=O) groups is 2. The zero-order valence-electron chi connectivity index (χ0n) is 9.39. The Balaban J connectivity index is 1.73. The number of hydrogen-bond donors (Lipinski definition) is 4. The van der Waals surface area contributed by atoms with Crippen LogP contribution in [0.3, 0.4) is 0 Å². The van der Waals surface area contributed by atoms with Gasteiger partial charge < -0.3 is 21.5 Å². The largest absolute Gasteiger partial charge is 0.480 e. The van der Waals surface area contributed by atoms with Gasteiger partial charge in [0, 0.05) is 11.0 Å². The third-order valence-electron chi connectivity index (χ3n) is 3.26. The van der Waals surface area contributed by atoms with Crippen LogP contribution in [0.5, 0.6) is 0 Å². The van der Waals surface area contributed by atoms with E-state index in [2.05, 4.69) is 10.6 Å². The van der Waals surface area contributed by atoms with Gasteiger partial charge in [-0.3, -0.25) is 4.79 Å². The minimum Gasteiger partial charge on any atom is -0.480 e. The number of fused-ring (bicyclic) bond motifs is 1. The number of rotatable bonds is 5. The molecule has 2 heterocycles. The van der Waals surface area contributed by atoms with Gasteiger partial charge in [0.15, 0.2) is 0 Å². The van der Waals surface area contributed by atoms with Gasteiger partial charge in [-0.2, -0.15) is 11.8 Å². The van der Waals surface area contributed by atoms with Gasteiger partial charge in [-0.15, -0.1) is 0 Å². The number of nitrogens with two attached hydrogens (primary N) is 1. The van der Waals surface area contributed by atoms with Crippen molar-refractivity contribution < 1.29 is 14.7 Å². The summed E-state index contributed by atoms with van der Waals surface area (Å²) in [4.78, 5) is 21.7. The number of urea groups is 1. The molecule has 0 radical (unpaired) electrons. The van der Waals surface area contributed by atoms with Crippen molar-refractivity contribution >= 4 is 23.8 Å². The first-order valence-corrected chi connectivity index (χ1v) is 6.80. The Labute approximate surface area is 104 Å². The van der Waals surface area contributed by atoms with Crippen molar-refractivity contribution in [2.75, 3.05) is 5.75 Å². The molecule has 0 aliphatic carbocycles. The van der Waals surface area contributed by atoms with E-state index in [1.54, 1.807) is 0 Å². The second-order valence-electron chi connectivity index (χ2n) is 4.50. The summed E-state index contributed by atoms with van der Waals surface area (Å²) in [5.41, 5.74) is 5.44. The van der Waals surface area contributed by atoms with E-state index >= 15 is 0 Å². The Morgan fingerprint density at radius 1 is 1.59 bits per heavy atom. The fourth-order valence-electron chi connectivity index (χ4n) is 2.31. The Hall–Kier alpha value is -0.950. The fraction of sp³-hybridized carbons (Fsp3) is 0.800. The molecule has 2 amide bonds. The van der Waals surface area contributed by atoms with Gasteiger partial charge in [0.2, 0.25) is 0 Å². The van der Waals surface area contributed by atoms with E-state index in [1.165, 1.54) is 0 Å². The number of carboxylic acid groups (broad SMARTS) is 1. The van der Waals surface area contributed by atoms with Crippen LogP contribution in [0, 0.1) is 0 Å². The van der Waals surface area contributed by atoms with Crippen molar-refractivity contribution in [3.05, 3.63) is 0 Å². The zero-order chi connectivity index (χ0) is 12.4. The molecule has 0 aromatic rings. The first-order chi connectivity index (χ1) is 8.08. The summed E-state index contributed by atoms with van der Waals surface area (Å²) in [6.45, 7) is 0. The molecule has 0 bridgehead atoms. The predicted molar refractivity (Wildman–Crippen MR) is 65.0 cm³/mol. The number of carboxylic acids is 1. The van der Waals surface area contributed by atoms with Gasteiger partial charge >= 0.3 is 12.0 Å². The lowest BCUT2D eigenvalue weighted by atomic mass is 10.0. The summed E-state index contributed by atoms with van der Waals surface area (Å²) in [6, 6.07) is -0.444. The van der Waals surface area contributed by atoms with Crippen LogP contribution < -0.4 is 16.4 Å². The molecule has 4 atom stereocenters. The van der Waals surface area contributed by atoms with E-state index in [1.807, 2.05) is 11.8 Å². The van der Waals surface area contributed by atoms with Crippen molar-refractivity contribution in [2.24, 2.45) is 5.73 Å². The maximum Gasteiger partial charge on any atom is 0.320 e. The predicted octanol–water partition coefficient (Wildman–Crippen LogP) is -0.266. The zero-order valence-corrected chi connectivity index (χ0v) is 10.2. The first kappa shape index (κ1) is 12.5. The highest BCUT2D eigenvalue weighted by molar-refractivity contribution is 8.00. The van der Waals surface area contributed by atoms with E-state index in [0.29, 0.717) is 11.7 Å². The molecule has 2 rings (SSSR count). The maximum absolute atomic E-state index is 11.1. The number of nitrogens with one attached hydrogen (secondary N) is 2. The lowest BCUT2D eigenvalue weighted by molar-refractivity contribution is -0.138. The van der Waals surface area contributed by atoms with Gasteiger partial charge in [-0.05, 0) is 12.8 Å².